The van der Waals surface area contributed by atoms with E-state index in [4.69, 9.17) is 4.74 Å². The van der Waals surface area contributed by atoms with Gasteiger partial charge in [-0.15, -0.1) is 0 Å². The first-order valence-corrected chi connectivity index (χ1v) is 9.89. The van der Waals surface area contributed by atoms with Crippen molar-refractivity contribution in [3.63, 3.8) is 0 Å². The molecule has 6 heteroatoms. The Hall–Kier alpha value is -2.08. The molecule has 0 amide bonds. The Morgan fingerprint density at radius 3 is 2.00 bits per heavy atom. The van der Waals surface area contributed by atoms with Crippen molar-refractivity contribution >= 4 is 0 Å². The summed E-state index contributed by atoms with van der Waals surface area (Å²) in [5.74, 6) is 2.82. The van der Waals surface area contributed by atoms with Gasteiger partial charge in [-0.2, -0.15) is 0 Å². The molecule has 2 aromatic rings. The monoisotopic (exact) mass is 347 g/mol. The highest BCUT2D eigenvalue weighted by Gasteiger charge is 3.04. The van der Waals surface area contributed by atoms with Crippen LogP contribution in [0.2, 0.25) is 0 Å². The molecule has 130 valence electrons. The van der Waals surface area contributed by atoms with Crippen LogP contribution in [0.25, 0.3) is 5.69 Å². The number of aromatic nitrogens is 3. The van der Waals surface area contributed by atoms with E-state index in [9.17, 15) is 9.59 Å². The molecule has 10 atom stereocenters. The number of ether oxygens (including phenoxy) is 1. The summed E-state index contributed by atoms with van der Waals surface area (Å²) in [4.78, 5) is 26.8. The summed E-state index contributed by atoms with van der Waals surface area (Å²) in [5, 5.41) is 0. The molecule has 8 aliphatic rings. The molecule has 5 saturated carbocycles. The van der Waals surface area contributed by atoms with Crippen LogP contribution in [0, 0.1) is 34.5 Å². The zero-order valence-electron chi connectivity index (χ0n) is 14.0. The second-order valence-corrected chi connectivity index (χ2v) is 9.73. The van der Waals surface area contributed by atoms with E-state index in [0.29, 0.717) is 29.7 Å². The summed E-state index contributed by atoms with van der Waals surface area (Å²) >= 11 is 0. The normalized spacial score (nSPS) is 56.6. The van der Waals surface area contributed by atoms with E-state index in [1.54, 1.807) is 0 Å². The lowest BCUT2D eigenvalue weighted by atomic mass is 9.65. The van der Waals surface area contributed by atoms with Gasteiger partial charge >= 0.3 is 11.4 Å². The third-order valence-corrected chi connectivity index (χ3v) is 9.57. The van der Waals surface area contributed by atoms with E-state index in [2.05, 4.69) is 0 Å². The second kappa shape index (κ2) is 3.07. The molecule has 0 radical (unpaired) electrons. The van der Waals surface area contributed by atoms with Crippen molar-refractivity contribution in [2.24, 2.45) is 34.5 Å². The molecule has 26 heavy (non-hydrogen) atoms. The molecule has 10 rings (SSSR count). The number of benzene rings is 1. The molecule has 2 bridgehead atoms. The number of hydrogen-bond donors (Lipinski definition) is 0. The van der Waals surface area contributed by atoms with Crippen molar-refractivity contribution in [2.45, 2.75) is 37.1 Å². The first kappa shape index (κ1) is 12.3. The molecule has 1 aromatic heterocycles. The van der Waals surface area contributed by atoms with E-state index < -0.39 is 0 Å². The minimum atomic E-state index is -0.130. The van der Waals surface area contributed by atoms with Gasteiger partial charge in [0.1, 0.15) is 0 Å². The fraction of sp³-hybridized carbons (Fsp3) is 0.600. The van der Waals surface area contributed by atoms with Crippen LogP contribution in [0.4, 0.5) is 0 Å². The summed E-state index contributed by atoms with van der Waals surface area (Å²) in [6.07, 6.45) is 3.10. The van der Waals surface area contributed by atoms with Gasteiger partial charge in [0.2, 0.25) is 0 Å². The van der Waals surface area contributed by atoms with Crippen LogP contribution in [0.3, 0.4) is 0 Å². The largest absolute Gasteiger partial charge is 0.370 e. The highest BCUT2D eigenvalue weighted by Crippen LogP contribution is 3.05. The molecule has 5 aliphatic carbocycles. The second-order valence-electron chi connectivity index (χ2n) is 9.73. The molecule has 0 N–H and O–H groups in total. The zero-order valence-corrected chi connectivity index (χ0v) is 14.0. The summed E-state index contributed by atoms with van der Waals surface area (Å²) in [6.45, 7) is 0. The van der Waals surface area contributed by atoms with Gasteiger partial charge in [0.15, 0.2) is 0 Å². The number of hydrogen-bond acceptors (Lipinski definition) is 3. The van der Waals surface area contributed by atoms with Crippen molar-refractivity contribution in [3.8, 4) is 5.69 Å². The predicted molar refractivity (Wildman–Crippen MR) is 89.1 cm³/mol. The quantitative estimate of drug-likeness (QED) is 0.722. The zero-order chi connectivity index (χ0) is 16.7. The smallest absolute Gasteiger partial charge is 0.352 e. The van der Waals surface area contributed by atoms with Crippen LogP contribution in [-0.2, 0) is 4.74 Å². The average Bonchev–Trinajstić information content (AvgIpc) is 3.55. The predicted octanol–water partition coefficient (Wildman–Crippen LogP) is 0.950. The van der Waals surface area contributed by atoms with Gasteiger partial charge in [-0.1, -0.05) is 18.2 Å². The third kappa shape index (κ3) is 0.839. The van der Waals surface area contributed by atoms with Crippen LogP contribution >= 0.6 is 0 Å². The van der Waals surface area contributed by atoms with Crippen LogP contribution in [-0.4, -0.2) is 26.1 Å². The Balaban J connectivity index is 1.38. The molecule has 2 spiro atoms. The first-order valence-electron chi connectivity index (χ1n) is 9.89. The molecule has 1 aromatic carbocycles. The average molecular weight is 347 g/mol. The van der Waals surface area contributed by atoms with E-state index in [1.807, 2.05) is 39.7 Å². The number of fused-ring (bicyclic) bond motifs is 1. The van der Waals surface area contributed by atoms with Crippen LogP contribution in [0.15, 0.2) is 39.9 Å². The molecule has 3 aliphatic heterocycles. The molecule has 2 unspecified atom stereocenters. The summed E-state index contributed by atoms with van der Waals surface area (Å²) in [5.41, 5.74) is 0.955. The van der Waals surface area contributed by atoms with Gasteiger partial charge in [0.05, 0.1) is 30.0 Å². The van der Waals surface area contributed by atoms with Crippen molar-refractivity contribution in [3.05, 3.63) is 51.3 Å². The maximum atomic E-state index is 13.4. The van der Waals surface area contributed by atoms with Crippen molar-refractivity contribution < 1.29 is 4.74 Å². The number of nitrogens with zero attached hydrogens (tertiary/aromatic N) is 3. The van der Waals surface area contributed by atoms with E-state index in [0.717, 1.165) is 24.7 Å². The van der Waals surface area contributed by atoms with E-state index >= 15 is 0 Å². The van der Waals surface area contributed by atoms with Crippen molar-refractivity contribution in [2.75, 3.05) is 0 Å². The minimum Gasteiger partial charge on any atom is -0.370 e. The Labute approximate surface area is 148 Å². The fourth-order valence-corrected chi connectivity index (χ4v) is 9.27. The van der Waals surface area contributed by atoms with Gasteiger partial charge in [-0.25, -0.2) is 23.5 Å². The van der Waals surface area contributed by atoms with Gasteiger partial charge in [0.25, 0.3) is 0 Å². The lowest BCUT2D eigenvalue weighted by molar-refractivity contribution is -0.0170. The van der Waals surface area contributed by atoms with Crippen LogP contribution in [0.5, 0.6) is 0 Å². The maximum absolute atomic E-state index is 13.4. The standard InChI is InChI=1S/C20H17N3O3/c24-17-21(8-4-2-1-3-5-8)18(25)23-16-13-11-12(13)15(22(17)23)19-6-9-10(26-9)7-20(16,19)14(11)19/h1-5,9-16H,6-7H2/t9-,10+,11?,12+,13-,14?,15-,16-,19-,20+/m1/s1. The third-order valence-electron chi connectivity index (χ3n) is 9.57. The number of para-hydroxylation sites is 1. The van der Waals surface area contributed by atoms with Gasteiger partial charge < -0.3 is 4.74 Å². The SMILES string of the molecule is O=c1n(-c2ccccc2)c(=O)n2n1[C@@H]1[C@@H]3C4C5[C@@]16C[C@@H]1O[C@@H]1C[C@]56[C@H]2[C@@H]43. The minimum absolute atomic E-state index is 0.130. The number of epoxide rings is 1. The molecular formula is C20H17N3O3. The summed E-state index contributed by atoms with van der Waals surface area (Å²) < 4.78 is 11.1. The Kier molecular flexibility index (Phi) is 1.45. The molecule has 1 saturated heterocycles. The summed E-state index contributed by atoms with van der Waals surface area (Å²) in [6, 6.07) is 9.88. The molecular weight excluding hydrogens is 330 g/mol. The van der Waals surface area contributed by atoms with E-state index in [1.165, 1.54) is 4.57 Å². The lowest BCUT2D eigenvalue weighted by Crippen LogP contribution is -2.54. The maximum Gasteiger partial charge on any atom is 0.352 e. The highest BCUT2D eigenvalue weighted by atomic mass is 16.6. The van der Waals surface area contributed by atoms with Crippen LogP contribution < -0.4 is 11.4 Å². The Morgan fingerprint density at radius 1 is 0.846 bits per heavy atom. The molecule has 4 heterocycles. The van der Waals surface area contributed by atoms with E-state index in [-0.39, 0.29) is 34.3 Å². The van der Waals surface area contributed by atoms with Crippen molar-refractivity contribution in [1.82, 2.24) is 13.9 Å². The van der Waals surface area contributed by atoms with Gasteiger partial charge in [0, 0.05) is 10.8 Å². The summed E-state index contributed by atoms with van der Waals surface area (Å²) in [7, 11) is 0. The highest BCUT2D eigenvalue weighted by molar-refractivity contribution is 5.51. The molecule has 6 fully saturated rings. The first-order chi connectivity index (χ1) is 12.7. The van der Waals surface area contributed by atoms with Crippen LogP contribution in [0.1, 0.15) is 24.9 Å². The fourth-order valence-electron chi connectivity index (χ4n) is 9.27. The van der Waals surface area contributed by atoms with Gasteiger partial charge in [-0.3, -0.25) is 0 Å². The topological polar surface area (TPSA) is 61.5 Å². The molecule has 6 nitrogen and oxygen atoms in total. The Bertz CT molecular complexity index is 1120. The van der Waals surface area contributed by atoms with Gasteiger partial charge in [-0.05, 0) is 48.6 Å². The Morgan fingerprint density at radius 2 is 1.42 bits per heavy atom. The number of rotatable bonds is 1. The van der Waals surface area contributed by atoms with Crippen molar-refractivity contribution in [1.29, 1.82) is 0 Å². The lowest BCUT2D eigenvalue weighted by Gasteiger charge is -2.49.